The van der Waals surface area contributed by atoms with Gasteiger partial charge in [-0.3, -0.25) is 0 Å². The molecule has 0 aliphatic heterocycles. The minimum atomic E-state index is 0.476. The van der Waals surface area contributed by atoms with Crippen LogP contribution < -0.4 is 0 Å². The molecule has 1 aromatic carbocycles. The third-order valence-corrected chi connectivity index (χ3v) is 3.11. The highest BCUT2D eigenvalue weighted by atomic mass is 79.9. The topological polar surface area (TPSA) is 9.23 Å². The largest absolute Gasteiger partial charge is 0.373 e. The van der Waals surface area contributed by atoms with Crippen LogP contribution in [0, 0.1) is 0 Å². The summed E-state index contributed by atoms with van der Waals surface area (Å²) in [4.78, 5) is 0.688. The molecule has 0 heterocycles. The molecule has 1 aromatic rings. The zero-order chi connectivity index (χ0) is 9.10. The fourth-order valence-electron chi connectivity index (χ4n) is 1.43. The van der Waals surface area contributed by atoms with Crippen LogP contribution in [0.2, 0.25) is 0 Å². The molecule has 1 fully saturated rings. The molecule has 0 unspecified atom stereocenters. The van der Waals surface area contributed by atoms with Crippen molar-refractivity contribution >= 4 is 15.9 Å². The number of rotatable bonds is 3. The highest BCUT2D eigenvalue weighted by Crippen LogP contribution is 2.30. The van der Waals surface area contributed by atoms with Crippen LogP contribution in [-0.2, 0) is 11.3 Å². The van der Waals surface area contributed by atoms with Crippen LogP contribution in [0.25, 0.3) is 0 Å². The maximum atomic E-state index is 5.70. The van der Waals surface area contributed by atoms with E-state index in [2.05, 4.69) is 28.1 Å². The molecule has 70 valence electrons. The van der Waals surface area contributed by atoms with Gasteiger partial charge in [-0.1, -0.05) is 46.3 Å². The van der Waals surface area contributed by atoms with Crippen LogP contribution in [0.3, 0.4) is 0 Å². The molecule has 0 saturated heterocycles. The average molecular weight is 241 g/mol. The van der Waals surface area contributed by atoms with Gasteiger partial charge in [0.1, 0.15) is 0 Å². The van der Waals surface area contributed by atoms with Gasteiger partial charge in [0.05, 0.1) is 12.7 Å². The van der Waals surface area contributed by atoms with Crippen molar-refractivity contribution in [3.63, 3.8) is 0 Å². The Morgan fingerprint density at radius 1 is 1.23 bits per heavy atom. The van der Waals surface area contributed by atoms with Gasteiger partial charge in [-0.2, -0.15) is 0 Å². The molecule has 0 spiro atoms. The molecular weight excluding hydrogens is 228 g/mol. The van der Waals surface area contributed by atoms with E-state index in [0.717, 1.165) is 19.4 Å². The Kier molecular flexibility index (Phi) is 3.01. The van der Waals surface area contributed by atoms with E-state index in [4.69, 9.17) is 4.74 Å². The molecule has 0 atom stereocenters. The van der Waals surface area contributed by atoms with Gasteiger partial charge in [0.25, 0.3) is 0 Å². The fourth-order valence-corrected chi connectivity index (χ4v) is 2.26. The predicted molar refractivity (Wildman–Crippen MR) is 57.0 cm³/mol. The van der Waals surface area contributed by atoms with Gasteiger partial charge in [0, 0.05) is 4.83 Å². The first-order valence-corrected chi connectivity index (χ1v) is 5.56. The first-order valence-electron chi connectivity index (χ1n) is 4.64. The van der Waals surface area contributed by atoms with E-state index < -0.39 is 0 Å². The van der Waals surface area contributed by atoms with E-state index in [0.29, 0.717) is 10.9 Å². The van der Waals surface area contributed by atoms with E-state index in [1.54, 1.807) is 0 Å². The van der Waals surface area contributed by atoms with Crippen LogP contribution in [0.5, 0.6) is 0 Å². The lowest BCUT2D eigenvalue weighted by molar-refractivity contribution is -0.00391. The number of hydrogen-bond acceptors (Lipinski definition) is 1. The van der Waals surface area contributed by atoms with E-state index >= 15 is 0 Å². The Bertz CT molecular complexity index is 254. The molecule has 0 aromatic heterocycles. The average Bonchev–Trinajstić information content (AvgIpc) is 2.12. The van der Waals surface area contributed by atoms with Gasteiger partial charge >= 0.3 is 0 Å². The number of halogens is 1. The lowest BCUT2D eigenvalue weighted by atomic mass is 9.96. The number of hydrogen-bond donors (Lipinski definition) is 0. The zero-order valence-corrected chi connectivity index (χ0v) is 9.03. The summed E-state index contributed by atoms with van der Waals surface area (Å²) < 4.78 is 5.70. The molecule has 0 radical (unpaired) electrons. The molecule has 13 heavy (non-hydrogen) atoms. The first kappa shape index (κ1) is 9.22. The van der Waals surface area contributed by atoms with Gasteiger partial charge < -0.3 is 4.74 Å². The monoisotopic (exact) mass is 240 g/mol. The van der Waals surface area contributed by atoms with E-state index in [1.165, 1.54) is 5.56 Å². The third kappa shape index (κ3) is 2.55. The first-order chi connectivity index (χ1) is 6.34. The van der Waals surface area contributed by atoms with Crippen LogP contribution in [-0.4, -0.2) is 10.9 Å². The maximum absolute atomic E-state index is 5.70. The van der Waals surface area contributed by atoms with Crippen molar-refractivity contribution in [1.29, 1.82) is 0 Å². The van der Waals surface area contributed by atoms with Crippen molar-refractivity contribution < 1.29 is 4.74 Å². The Morgan fingerprint density at radius 2 is 1.92 bits per heavy atom. The number of alkyl halides is 1. The van der Waals surface area contributed by atoms with Crippen molar-refractivity contribution in [2.45, 2.75) is 30.4 Å². The quantitative estimate of drug-likeness (QED) is 0.739. The highest BCUT2D eigenvalue weighted by molar-refractivity contribution is 9.09. The second-order valence-corrected chi connectivity index (χ2v) is 4.78. The van der Waals surface area contributed by atoms with E-state index in [1.807, 2.05) is 18.2 Å². The second kappa shape index (κ2) is 4.25. The van der Waals surface area contributed by atoms with Crippen LogP contribution in [0.4, 0.5) is 0 Å². The van der Waals surface area contributed by atoms with Crippen LogP contribution in [0.15, 0.2) is 30.3 Å². The zero-order valence-electron chi connectivity index (χ0n) is 7.45. The highest BCUT2D eigenvalue weighted by Gasteiger charge is 2.27. The molecule has 0 N–H and O–H groups in total. The molecule has 0 amide bonds. The minimum absolute atomic E-state index is 0.476. The van der Waals surface area contributed by atoms with Gasteiger partial charge in [-0.15, -0.1) is 0 Å². The van der Waals surface area contributed by atoms with Gasteiger partial charge in [-0.05, 0) is 18.4 Å². The summed E-state index contributed by atoms with van der Waals surface area (Å²) in [6.07, 6.45) is 2.80. The van der Waals surface area contributed by atoms with Crippen molar-refractivity contribution in [1.82, 2.24) is 0 Å². The Morgan fingerprint density at radius 3 is 2.54 bits per heavy atom. The van der Waals surface area contributed by atoms with Crippen LogP contribution in [0.1, 0.15) is 18.4 Å². The number of benzene rings is 1. The molecule has 2 heteroatoms. The molecule has 1 nitrogen and oxygen atoms in total. The van der Waals surface area contributed by atoms with Gasteiger partial charge in [-0.25, -0.2) is 0 Å². The predicted octanol–water partition coefficient (Wildman–Crippen LogP) is 3.13. The second-order valence-electron chi connectivity index (χ2n) is 3.49. The van der Waals surface area contributed by atoms with E-state index in [9.17, 15) is 0 Å². The lowest BCUT2D eigenvalue weighted by Gasteiger charge is -2.31. The lowest BCUT2D eigenvalue weighted by Crippen LogP contribution is -2.31. The Labute approximate surface area is 87.2 Å². The summed E-state index contributed by atoms with van der Waals surface area (Å²) in [5.41, 5.74) is 1.26. The summed E-state index contributed by atoms with van der Waals surface area (Å²) in [5.74, 6) is 0. The standard InChI is InChI=1S/C11H13BrO/c12-10-6-11(7-10)13-8-9-4-2-1-3-5-9/h1-5,10-11H,6-8H2. The molecule has 1 aliphatic carbocycles. The summed E-state index contributed by atoms with van der Waals surface area (Å²) >= 11 is 3.55. The van der Waals surface area contributed by atoms with Crippen molar-refractivity contribution in [2.75, 3.05) is 0 Å². The summed E-state index contributed by atoms with van der Waals surface area (Å²) in [5, 5.41) is 0. The molecule has 1 aliphatic rings. The number of ether oxygens (including phenoxy) is 1. The van der Waals surface area contributed by atoms with Crippen LogP contribution >= 0.6 is 15.9 Å². The summed E-state index contributed by atoms with van der Waals surface area (Å²) in [6.45, 7) is 0.755. The van der Waals surface area contributed by atoms with Crippen molar-refractivity contribution in [2.24, 2.45) is 0 Å². The SMILES string of the molecule is BrC1CC(OCc2ccccc2)C1. The molecule has 1 saturated carbocycles. The smallest absolute Gasteiger partial charge is 0.0720 e. The molecule has 0 bridgehead atoms. The molecular formula is C11H13BrO. The van der Waals surface area contributed by atoms with Gasteiger partial charge in [0.2, 0.25) is 0 Å². The Balaban J connectivity index is 1.74. The summed E-state index contributed by atoms with van der Waals surface area (Å²) in [7, 11) is 0. The fraction of sp³-hybridized carbons (Fsp3) is 0.455. The maximum Gasteiger partial charge on any atom is 0.0720 e. The van der Waals surface area contributed by atoms with Crippen molar-refractivity contribution in [3.05, 3.63) is 35.9 Å². The minimum Gasteiger partial charge on any atom is -0.373 e. The van der Waals surface area contributed by atoms with E-state index in [-0.39, 0.29) is 0 Å². The summed E-state index contributed by atoms with van der Waals surface area (Å²) in [6, 6.07) is 10.3. The molecule has 2 rings (SSSR count). The Hall–Kier alpha value is -0.340. The van der Waals surface area contributed by atoms with Gasteiger partial charge in [0.15, 0.2) is 0 Å². The third-order valence-electron chi connectivity index (χ3n) is 2.37. The van der Waals surface area contributed by atoms with Crippen molar-refractivity contribution in [3.8, 4) is 0 Å². The normalized spacial score (nSPS) is 26.8.